The fourth-order valence-corrected chi connectivity index (χ4v) is 5.55. The van der Waals surface area contributed by atoms with Crippen LogP contribution < -0.4 is 4.90 Å². The van der Waals surface area contributed by atoms with Crippen LogP contribution in [-0.4, -0.2) is 102 Å². The average molecular weight is 533 g/mol. The minimum absolute atomic E-state index is 0.339. The number of fused-ring (bicyclic) bond motifs is 3. The number of rotatable bonds is 5. The number of nitrogens with zero attached hydrogens (tertiary/aromatic N) is 6. The van der Waals surface area contributed by atoms with E-state index < -0.39 is 0 Å². The molecule has 0 unspecified atom stereocenters. The highest BCUT2D eigenvalue weighted by atomic mass is 32.1. The summed E-state index contributed by atoms with van der Waals surface area (Å²) in [4.78, 5) is 18.5. The number of anilines is 1. The van der Waals surface area contributed by atoms with Gasteiger partial charge >= 0.3 is 0 Å². The third kappa shape index (κ3) is 5.11. The van der Waals surface area contributed by atoms with Crippen LogP contribution in [0.1, 0.15) is 0 Å². The van der Waals surface area contributed by atoms with Gasteiger partial charge in [-0.05, 0) is 36.0 Å². The van der Waals surface area contributed by atoms with E-state index >= 15 is 0 Å². The predicted octanol–water partition coefficient (Wildman–Crippen LogP) is 3.40. The number of hydrogen-bond donors (Lipinski definition) is 0. The largest absolute Gasteiger partial charge is 0.469 e. The minimum atomic E-state index is 0.339. The SMILES string of the molecule is C=C/C(=C\C=C1/COCO1)CN1CCN(C(=S)N2CCN(c3ncnc4c3oc3ccccc34)CC2)CC1. The number of benzene rings is 1. The minimum Gasteiger partial charge on any atom is -0.469 e. The zero-order chi connectivity index (χ0) is 25.9. The molecule has 0 atom stereocenters. The summed E-state index contributed by atoms with van der Waals surface area (Å²) in [6.45, 7) is 12.9. The molecular formula is C28H32N6O3S. The van der Waals surface area contributed by atoms with Crippen molar-refractivity contribution in [2.75, 3.05) is 77.2 Å². The van der Waals surface area contributed by atoms with Crippen LogP contribution in [0.2, 0.25) is 0 Å². The second kappa shape index (κ2) is 11.1. The van der Waals surface area contributed by atoms with Gasteiger partial charge < -0.3 is 28.6 Å². The normalized spacial score (nSPS) is 20.5. The van der Waals surface area contributed by atoms with Crippen molar-refractivity contribution in [2.24, 2.45) is 0 Å². The molecule has 0 saturated carbocycles. The van der Waals surface area contributed by atoms with Gasteiger partial charge in [-0.15, -0.1) is 0 Å². The van der Waals surface area contributed by atoms with Gasteiger partial charge in [0, 0.05) is 64.3 Å². The van der Waals surface area contributed by atoms with Gasteiger partial charge in [-0.3, -0.25) is 4.90 Å². The zero-order valence-corrected chi connectivity index (χ0v) is 22.2. The van der Waals surface area contributed by atoms with Gasteiger partial charge in [0.15, 0.2) is 23.3 Å². The summed E-state index contributed by atoms with van der Waals surface area (Å²) in [5, 5.41) is 1.97. The van der Waals surface area contributed by atoms with Crippen LogP contribution in [0.25, 0.3) is 22.1 Å². The molecule has 0 amide bonds. The first-order valence-electron chi connectivity index (χ1n) is 13.1. The number of thiocarbonyl (C=S) groups is 1. The summed E-state index contributed by atoms with van der Waals surface area (Å²) in [5.41, 5.74) is 3.64. The number of allylic oxidation sites excluding steroid dienone is 2. The third-order valence-corrected chi connectivity index (χ3v) is 7.87. The van der Waals surface area contributed by atoms with Gasteiger partial charge in [-0.1, -0.05) is 30.9 Å². The first-order chi connectivity index (χ1) is 18.7. The Morgan fingerprint density at radius 2 is 1.76 bits per heavy atom. The fourth-order valence-electron chi connectivity index (χ4n) is 5.18. The Morgan fingerprint density at radius 1 is 1.00 bits per heavy atom. The second-order valence-electron chi connectivity index (χ2n) is 9.68. The van der Waals surface area contributed by atoms with E-state index in [2.05, 4.69) is 42.2 Å². The van der Waals surface area contributed by atoms with Crippen molar-refractivity contribution in [2.45, 2.75) is 0 Å². The summed E-state index contributed by atoms with van der Waals surface area (Å²) < 4.78 is 16.8. The topological polar surface area (TPSA) is 70.3 Å². The van der Waals surface area contributed by atoms with Crippen molar-refractivity contribution >= 4 is 45.2 Å². The maximum absolute atomic E-state index is 6.15. The summed E-state index contributed by atoms with van der Waals surface area (Å²) >= 11 is 5.93. The van der Waals surface area contributed by atoms with Crippen molar-refractivity contribution in [3.63, 3.8) is 0 Å². The second-order valence-corrected chi connectivity index (χ2v) is 10.0. The highest BCUT2D eigenvalue weighted by Crippen LogP contribution is 2.32. The Morgan fingerprint density at radius 3 is 2.50 bits per heavy atom. The molecule has 3 aromatic rings. The Balaban J connectivity index is 1.03. The Hall–Kier alpha value is -3.47. The van der Waals surface area contributed by atoms with Crippen molar-refractivity contribution in [3.8, 4) is 0 Å². The molecule has 10 heteroatoms. The van der Waals surface area contributed by atoms with Crippen molar-refractivity contribution in [1.82, 2.24) is 24.7 Å². The molecule has 0 spiro atoms. The van der Waals surface area contributed by atoms with Crippen LogP contribution in [0.4, 0.5) is 5.82 Å². The van der Waals surface area contributed by atoms with Crippen LogP contribution in [0.3, 0.4) is 0 Å². The van der Waals surface area contributed by atoms with Crippen LogP contribution in [0.5, 0.6) is 0 Å². The Kier molecular flexibility index (Phi) is 7.26. The van der Waals surface area contributed by atoms with E-state index in [0.717, 1.165) is 97.7 Å². The molecule has 3 fully saturated rings. The Labute approximate surface area is 227 Å². The van der Waals surface area contributed by atoms with Crippen LogP contribution in [-0.2, 0) is 9.47 Å². The van der Waals surface area contributed by atoms with E-state index in [9.17, 15) is 0 Å². The van der Waals surface area contributed by atoms with Crippen LogP contribution >= 0.6 is 12.2 Å². The molecule has 0 aliphatic carbocycles. The van der Waals surface area contributed by atoms with Crippen LogP contribution in [0, 0.1) is 0 Å². The fraction of sp³-hybridized carbons (Fsp3) is 0.393. The zero-order valence-electron chi connectivity index (χ0n) is 21.4. The van der Waals surface area contributed by atoms with Gasteiger partial charge in [0.05, 0.1) is 0 Å². The quantitative estimate of drug-likeness (QED) is 0.361. The van der Waals surface area contributed by atoms with Gasteiger partial charge in [0.2, 0.25) is 0 Å². The molecule has 0 radical (unpaired) electrons. The standard InChI is InChI=1S/C28H32N6O3S/c1-2-21(7-8-22-18-35-20-36-22)17-31-9-11-33(12-10-31)28(38)34-15-13-32(14-16-34)27-26-25(29-19-30-27)23-5-3-4-6-24(23)37-26/h2-8,19H,1,9-18,20H2/b21-7+,22-8+. The molecule has 0 bridgehead atoms. The number of para-hydroxylation sites is 1. The maximum Gasteiger partial charge on any atom is 0.196 e. The highest BCUT2D eigenvalue weighted by molar-refractivity contribution is 7.80. The van der Waals surface area contributed by atoms with E-state index in [0.29, 0.717) is 13.4 Å². The molecule has 3 aliphatic heterocycles. The van der Waals surface area contributed by atoms with E-state index in [1.165, 1.54) is 5.57 Å². The van der Waals surface area contributed by atoms with E-state index in [1.54, 1.807) is 6.33 Å². The maximum atomic E-state index is 6.15. The number of ether oxygens (including phenoxy) is 2. The molecule has 1 aromatic carbocycles. The molecule has 5 heterocycles. The van der Waals surface area contributed by atoms with Crippen molar-refractivity contribution in [3.05, 3.63) is 66.7 Å². The first-order valence-corrected chi connectivity index (χ1v) is 13.5. The summed E-state index contributed by atoms with van der Waals surface area (Å²) in [5.74, 6) is 1.72. The number of furan rings is 1. The molecule has 3 aliphatic rings. The smallest absolute Gasteiger partial charge is 0.196 e. The van der Waals surface area contributed by atoms with Gasteiger partial charge in [0.25, 0.3) is 0 Å². The third-order valence-electron chi connectivity index (χ3n) is 7.36. The average Bonchev–Trinajstić information content (AvgIpc) is 3.63. The van der Waals surface area contributed by atoms with E-state index in [4.69, 9.17) is 26.1 Å². The number of hydrogen-bond acceptors (Lipinski definition) is 8. The molecule has 9 nitrogen and oxygen atoms in total. The molecule has 2 aromatic heterocycles. The lowest BCUT2D eigenvalue weighted by atomic mass is 10.2. The number of piperazine rings is 2. The van der Waals surface area contributed by atoms with Crippen molar-refractivity contribution in [1.29, 1.82) is 0 Å². The molecule has 38 heavy (non-hydrogen) atoms. The molecule has 3 saturated heterocycles. The van der Waals surface area contributed by atoms with E-state index in [1.807, 2.05) is 36.4 Å². The lowest BCUT2D eigenvalue weighted by Crippen LogP contribution is -2.57. The molecule has 6 rings (SSSR count). The summed E-state index contributed by atoms with van der Waals surface area (Å²) in [6.07, 6.45) is 7.61. The van der Waals surface area contributed by atoms with E-state index in [-0.39, 0.29) is 0 Å². The Bertz CT molecular complexity index is 1380. The number of aromatic nitrogens is 2. The lowest BCUT2D eigenvalue weighted by Gasteiger charge is -2.42. The van der Waals surface area contributed by atoms with Gasteiger partial charge in [0.1, 0.15) is 29.8 Å². The predicted molar refractivity (Wildman–Crippen MR) is 152 cm³/mol. The highest BCUT2D eigenvalue weighted by Gasteiger charge is 2.27. The summed E-state index contributed by atoms with van der Waals surface area (Å²) in [7, 11) is 0. The van der Waals surface area contributed by atoms with Gasteiger partial charge in [-0.2, -0.15) is 0 Å². The molecular weight excluding hydrogens is 500 g/mol. The summed E-state index contributed by atoms with van der Waals surface area (Å²) in [6, 6.07) is 8.01. The molecule has 198 valence electrons. The van der Waals surface area contributed by atoms with Crippen molar-refractivity contribution < 1.29 is 13.9 Å². The monoisotopic (exact) mass is 532 g/mol. The van der Waals surface area contributed by atoms with Crippen LogP contribution in [0.15, 0.2) is 71.1 Å². The van der Waals surface area contributed by atoms with Gasteiger partial charge in [-0.25, -0.2) is 9.97 Å². The molecule has 0 N–H and O–H groups in total. The first kappa shape index (κ1) is 24.8. The lowest BCUT2D eigenvalue weighted by molar-refractivity contribution is 0.0800.